The van der Waals surface area contributed by atoms with E-state index in [2.05, 4.69) is 23.2 Å². The molecule has 0 saturated carbocycles. The molecule has 0 aliphatic carbocycles. The molecule has 1 aliphatic rings. The number of thioether (sulfide) groups is 1. The highest BCUT2D eigenvalue weighted by molar-refractivity contribution is 7.99. The molecular weight excluding hydrogens is 322 g/mol. The van der Waals surface area contributed by atoms with E-state index in [4.69, 9.17) is 4.42 Å². The van der Waals surface area contributed by atoms with Gasteiger partial charge in [0.05, 0.1) is 5.75 Å². The zero-order valence-corrected chi connectivity index (χ0v) is 15.2. The van der Waals surface area contributed by atoms with Gasteiger partial charge in [0.15, 0.2) is 0 Å². The quantitative estimate of drug-likeness (QED) is 0.788. The molecule has 1 atom stereocenters. The Bertz CT molecular complexity index is 709. The molecule has 0 N–H and O–H groups in total. The van der Waals surface area contributed by atoms with Gasteiger partial charge >= 0.3 is 0 Å². The van der Waals surface area contributed by atoms with Crippen LogP contribution in [-0.4, -0.2) is 39.3 Å². The number of carbonyl (C=O) groups is 1. The molecular formula is C18H23N3O2S. The molecule has 0 bridgehead atoms. The third-order valence-electron chi connectivity index (χ3n) is 4.32. The fraction of sp³-hybridized carbons (Fsp3) is 0.500. The highest BCUT2D eigenvalue weighted by atomic mass is 32.2. The standard InChI is InChI=1S/C18H23N3O2S/c1-12-8-13(2)10-15(9-12)17-19-20-18(23-17)24-11-16(22)21-7-5-4-6-14(21)3/h8-10,14H,4-7,11H2,1-3H3/t14-/m1/s1. The Labute approximate surface area is 146 Å². The molecule has 5 nitrogen and oxygen atoms in total. The number of hydrogen-bond donors (Lipinski definition) is 0. The summed E-state index contributed by atoms with van der Waals surface area (Å²) in [5.41, 5.74) is 3.24. The van der Waals surface area contributed by atoms with E-state index >= 15 is 0 Å². The van der Waals surface area contributed by atoms with Crippen LogP contribution >= 0.6 is 11.8 Å². The maximum atomic E-state index is 12.4. The average molecular weight is 345 g/mol. The van der Waals surface area contributed by atoms with Gasteiger partial charge in [-0.15, -0.1) is 10.2 Å². The molecule has 1 saturated heterocycles. The number of nitrogens with zero attached hydrogens (tertiary/aromatic N) is 3. The van der Waals surface area contributed by atoms with Crippen molar-refractivity contribution in [1.82, 2.24) is 15.1 Å². The first kappa shape index (κ1) is 17.0. The molecule has 128 valence electrons. The molecule has 1 aromatic heterocycles. The number of aryl methyl sites for hydroxylation is 2. The first-order valence-electron chi connectivity index (χ1n) is 8.37. The molecule has 0 spiro atoms. The summed E-state index contributed by atoms with van der Waals surface area (Å²) in [6.07, 6.45) is 3.40. The van der Waals surface area contributed by atoms with E-state index in [1.807, 2.05) is 30.9 Å². The minimum atomic E-state index is 0.151. The van der Waals surface area contributed by atoms with Crippen LogP contribution in [0, 0.1) is 13.8 Å². The van der Waals surface area contributed by atoms with E-state index < -0.39 is 0 Å². The van der Waals surface area contributed by atoms with Gasteiger partial charge in [-0.2, -0.15) is 0 Å². The summed E-state index contributed by atoms with van der Waals surface area (Å²) in [6.45, 7) is 7.06. The lowest BCUT2D eigenvalue weighted by atomic mass is 10.0. The minimum Gasteiger partial charge on any atom is -0.411 e. The lowest BCUT2D eigenvalue weighted by molar-refractivity contribution is -0.131. The number of piperidine rings is 1. The molecule has 2 aromatic rings. The SMILES string of the molecule is Cc1cc(C)cc(-c2nnc(SCC(=O)N3CCCC[C@H]3C)o2)c1. The predicted molar refractivity (Wildman–Crippen MR) is 95.0 cm³/mol. The van der Waals surface area contributed by atoms with E-state index in [1.165, 1.54) is 18.2 Å². The number of hydrogen-bond acceptors (Lipinski definition) is 5. The van der Waals surface area contributed by atoms with Crippen molar-refractivity contribution in [3.8, 4) is 11.5 Å². The summed E-state index contributed by atoms with van der Waals surface area (Å²) < 4.78 is 5.71. The summed E-state index contributed by atoms with van der Waals surface area (Å²) in [5.74, 6) is 1.00. The highest BCUT2D eigenvalue weighted by Crippen LogP contribution is 2.26. The summed E-state index contributed by atoms with van der Waals surface area (Å²) in [6, 6.07) is 6.49. The predicted octanol–water partition coefficient (Wildman–Crippen LogP) is 3.85. The van der Waals surface area contributed by atoms with Crippen molar-refractivity contribution < 1.29 is 9.21 Å². The largest absolute Gasteiger partial charge is 0.411 e. The van der Waals surface area contributed by atoms with Gasteiger partial charge in [-0.05, 0) is 52.2 Å². The molecule has 24 heavy (non-hydrogen) atoms. The van der Waals surface area contributed by atoms with Crippen molar-refractivity contribution in [3.05, 3.63) is 29.3 Å². The van der Waals surface area contributed by atoms with Gasteiger partial charge in [0.25, 0.3) is 5.22 Å². The summed E-state index contributed by atoms with van der Waals surface area (Å²) in [7, 11) is 0. The Morgan fingerprint density at radius 3 is 2.71 bits per heavy atom. The van der Waals surface area contributed by atoms with Gasteiger partial charge in [-0.1, -0.05) is 29.0 Å². The van der Waals surface area contributed by atoms with Crippen molar-refractivity contribution in [2.24, 2.45) is 0 Å². The Hall–Kier alpha value is -1.82. The zero-order valence-electron chi connectivity index (χ0n) is 14.4. The van der Waals surface area contributed by atoms with Crippen LogP contribution in [0.25, 0.3) is 11.5 Å². The molecule has 1 amide bonds. The third kappa shape index (κ3) is 3.98. The fourth-order valence-electron chi connectivity index (χ4n) is 3.16. The molecule has 6 heteroatoms. The van der Waals surface area contributed by atoms with Crippen LogP contribution < -0.4 is 0 Å². The van der Waals surface area contributed by atoms with Crippen LogP contribution in [0.5, 0.6) is 0 Å². The van der Waals surface area contributed by atoms with Crippen molar-refractivity contribution in [3.63, 3.8) is 0 Å². The molecule has 0 radical (unpaired) electrons. The topological polar surface area (TPSA) is 59.2 Å². The lowest BCUT2D eigenvalue weighted by Crippen LogP contribution is -2.42. The van der Waals surface area contributed by atoms with Crippen molar-refractivity contribution in [1.29, 1.82) is 0 Å². The molecule has 1 aliphatic heterocycles. The first-order chi connectivity index (χ1) is 11.5. The van der Waals surface area contributed by atoms with Gasteiger partial charge < -0.3 is 9.32 Å². The van der Waals surface area contributed by atoms with Crippen LogP contribution in [-0.2, 0) is 4.79 Å². The smallest absolute Gasteiger partial charge is 0.277 e. The molecule has 2 heterocycles. The van der Waals surface area contributed by atoms with Crippen molar-refractivity contribution in [2.75, 3.05) is 12.3 Å². The van der Waals surface area contributed by atoms with Gasteiger partial charge in [0.1, 0.15) is 0 Å². The number of amides is 1. The second-order valence-corrected chi connectivity index (χ2v) is 7.40. The number of benzene rings is 1. The first-order valence-corrected chi connectivity index (χ1v) is 9.36. The van der Waals surface area contributed by atoms with E-state index in [9.17, 15) is 4.79 Å². The van der Waals surface area contributed by atoms with Crippen LogP contribution in [0.3, 0.4) is 0 Å². The molecule has 1 fully saturated rings. The Kier molecular flexibility index (Phi) is 5.23. The Balaban J connectivity index is 1.63. The second-order valence-electron chi connectivity index (χ2n) is 6.47. The minimum absolute atomic E-state index is 0.151. The maximum absolute atomic E-state index is 12.4. The third-order valence-corrected chi connectivity index (χ3v) is 5.12. The molecule has 3 rings (SSSR count). The van der Waals surface area contributed by atoms with Gasteiger partial charge in [0, 0.05) is 18.2 Å². The van der Waals surface area contributed by atoms with Crippen LogP contribution in [0.15, 0.2) is 27.8 Å². The Morgan fingerprint density at radius 2 is 2.00 bits per heavy atom. The van der Waals surface area contributed by atoms with Gasteiger partial charge in [-0.3, -0.25) is 4.79 Å². The maximum Gasteiger partial charge on any atom is 0.277 e. The fourth-order valence-corrected chi connectivity index (χ4v) is 3.81. The normalized spacial score (nSPS) is 18.0. The highest BCUT2D eigenvalue weighted by Gasteiger charge is 2.23. The van der Waals surface area contributed by atoms with Crippen LogP contribution in [0.4, 0.5) is 0 Å². The van der Waals surface area contributed by atoms with Gasteiger partial charge in [-0.25, -0.2) is 0 Å². The summed E-state index contributed by atoms with van der Waals surface area (Å²) in [4.78, 5) is 14.3. The number of likely N-dealkylation sites (tertiary alicyclic amines) is 1. The Morgan fingerprint density at radius 1 is 1.25 bits per heavy atom. The average Bonchev–Trinajstić information content (AvgIpc) is 3.01. The van der Waals surface area contributed by atoms with E-state index in [0.717, 1.165) is 36.1 Å². The number of aromatic nitrogens is 2. The van der Waals surface area contributed by atoms with Crippen molar-refractivity contribution >= 4 is 17.7 Å². The van der Waals surface area contributed by atoms with E-state index in [-0.39, 0.29) is 5.91 Å². The second kappa shape index (κ2) is 7.38. The van der Waals surface area contributed by atoms with Crippen LogP contribution in [0.1, 0.15) is 37.3 Å². The summed E-state index contributed by atoms with van der Waals surface area (Å²) in [5, 5.41) is 8.62. The van der Waals surface area contributed by atoms with Gasteiger partial charge in [0.2, 0.25) is 11.8 Å². The summed E-state index contributed by atoms with van der Waals surface area (Å²) >= 11 is 1.32. The van der Waals surface area contributed by atoms with Crippen molar-refractivity contribution in [2.45, 2.75) is 51.3 Å². The monoisotopic (exact) mass is 345 g/mol. The molecule has 0 unspecified atom stereocenters. The van der Waals surface area contributed by atoms with E-state index in [1.54, 1.807) is 0 Å². The zero-order chi connectivity index (χ0) is 17.1. The van der Waals surface area contributed by atoms with E-state index in [0.29, 0.717) is 22.9 Å². The van der Waals surface area contributed by atoms with Crippen LogP contribution in [0.2, 0.25) is 0 Å². The number of carbonyl (C=O) groups excluding carboxylic acids is 1. The number of rotatable bonds is 4. The molecule has 1 aromatic carbocycles. The lowest BCUT2D eigenvalue weighted by Gasteiger charge is -2.33.